The van der Waals surface area contributed by atoms with Crippen molar-refractivity contribution in [2.24, 2.45) is 0 Å². The third kappa shape index (κ3) is 7.26. The standard InChI is InChI=1S/C30H28N6O7S2/c1-17-33-34-30(43-17)45-16-20-15-44-27-24(26(39)36(27)25(20)28(40)41)32-22(37)14-19-10-6-7-11-21(19)31-29(42)35(2)23(38)13-12-18-8-4-3-5-9-18/h3-13,24,27H,14-16H2,1-2H3,(H,31,42)(H,32,37)(H,40,41)/b13-12+/t24?,27-/m1/s1. The molecule has 2 atom stereocenters. The average molecular weight is 649 g/mol. The number of aliphatic carboxylic acids is 1. The molecule has 0 aliphatic carbocycles. The molecule has 1 aromatic heterocycles. The molecule has 1 saturated heterocycles. The number of aryl methyl sites for hydroxylation is 1. The van der Waals surface area contributed by atoms with Crippen molar-refractivity contribution < 1.29 is 33.5 Å². The largest absolute Gasteiger partial charge is 0.477 e. The molecule has 0 radical (unpaired) electrons. The second kappa shape index (κ2) is 13.8. The molecule has 1 unspecified atom stereocenters. The van der Waals surface area contributed by atoms with E-state index in [1.54, 1.807) is 37.3 Å². The summed E-state index contributed by atoms with van der Waals surface area (Å²) < 4.78 is 5.33. The van der Waals surface area contributed by atoms with Crippen molar-refractivity contribution in [3.63, 3.8) is 0 Å². The summed E-state index contributed by atoms with van der Waals surface area (Å²) in [6.07, 6.45) is 2.72. The van der Waals surface area contributed by atoms with E-state index < -0.39 is 41.1 Å². The maximum Gasteiger partial charge on any atom is 0.352 e. The highest BCUT2D eigenvalue weighted by Crippen LogP contribution is 2.41. The van der Waals surface area contributed by atoms with Crippen molar-refractivity contribution in [2.45, 2.75) is 30.0 Å². The van der Waals surface area contributed by atoms with Gasteiger partial charge in [0.25, 0.3) is 17.0 Å². The van der Waals surface area contributed by atoms with Gasteiger partial charge in [0.15, 0.2) is 0 Å². The minimum Gasteiger partial charge on any atom is -0.477 e. The van der Waals surface area contributed by atoms with Crippen LogP contribution in [0, 0.1) is 6.92 Å². The Morgan fingerprint density at radius 1 is 1.13 bits per heavy atom. The van der Waals surface area contributed by atoms with Crippen LogP contribution in [0.1, 0.15) is 17.0 Å². The number of rotatable bonds is 10. The van der Waals surface area contributed by atoms with Gasteiger partial charge in [0.2, 0.25) is 11.8 Å². The van der Waals surface area contributed by atoms with Crippen LogP contribution in [0.25, 0.3) is 6.08 Å². The van der Waals surface area contributed by atoms with Crippen LogP contribution in [0.15, 0.2) is 81.6 Å². The summed E-state index contributed by atoms with van der Waals surface area (Å²) in [5, 5.41) is 22.6. The van der Waals surface area contributed by atoms with Crippen LogP contribution in [0.3, 0.4) is 0 Å². The SMILES string of the molecule is Cc1nnc(SCC2=C(C(=O)O)N3C(=O)C(NC(=O)Cc4ccccc4NC(=O)N(C)C(=O)/C=C/c4ccccc4)[C@H]3SC2)o1. The molecule has 1 fully saturated rings. The first kappa shape index (κ1) is 31.5. The zero-order chi connectivity index (χ0) is 32.1. The fourth-order valence-electron chi connectivity index (χ4n) is 4.62. The van der Waals surface area contributed by atoms with E-state index in [1.165, 1.54) is 41.5 Å². The highest BCUT2D eigenvalue weighted by molar-refractivity contribution is 8.01. The number of nitrogens with one attached hydrogen (secondary N) is 2. The average Bonchev–Trinajstić information content (AvgIpc) is 3.46. The van der Waals surface area contributed by atoms with E-state index in [2.05, 4.69) is 20.8 Å². The van der Waals surface area contributed by atoms with Gasteiger partial charge in [-0.15, -0.1) is 22.0 Å². The molecule has 2 aliphatic heterocycles. The number of fused-ring (bicyclic) bond motifs is 1. The fourth-order valence-corrected chi connectivity index (χ4v) is 6.91. The van der Waals surface area contributed by atoms with Crippen LogP contribution < -0.4 is 10.6 Å². The number of urea groups is 1. The molecule has 2 aromatic carbocycles. The lowest BCUT2D eigenvalue weighted by molar-refractivity contribution is -0.150. The summed E-state index contributed by atoms with van der Waals surface area (Å²) in [4.78, 5) is 65.7. The van der Waals surface area contributed by atoms with Gasteiger partial charge >= 0.3 is 12.0 Å². The van der Waals surface area contributed by atoms with E-state index in [4.69, 9.17) is 4.42 Å². The first-order chi connectivity index (χ1) is 21.6. The number of β-lactam (4-membered cyclic amide) rings is 1. The molecule has 15 heteroatoms. The monoisotopic (exact) mass is 648 g/mol. The number of aromatic nitrogens is 2. The van der Waals surface area contributed by atoms with E-state index in [-0.39, 0.29) is 17.9 Å². The summed E-state index contributed by atoms with van der Waals surface area (Å²) in [7, 11) is 1.34. The second-order valence-corrected chi connectivity index (χ2v) is 12.0. The summed E-state index contributed by atoms with van der Waals surface area (Å²) >= 11 is 2.53. The minimum atomic E-state index is -1.24. The topological polar surface area (TPSA) is 175 Å². The van der Waals surface area contributed by atoms with Gasteiger partial charge in [-0.2, -0.15) is 0 Å². The van der Waals surface area contributed by atoms with Crippen molar-refractivity contribution >= 4 is 65.0 Å². The zero-order valence-corrected chi connectivity index (χ0v) is 25.8. The molecule has 13 nitrogen and oxygen atoms in total. The zero-order valence-electron chi connectivity index (χ0n) is 24.1. The fraction of sp³-hybridized carbons (Fsp3) is 0.233. The quantitative estimate of drug-likeness (QED) is 0.167. The third-order valence-electron chi connectivity index (χ3n) is 6.91. The molecule has 5 amide bonds. The van der Waals surface area contributed by atoms with Gasteiger partial charge in [-0.05, 0) is 28.8 Å². The van der Waals surface area contributed by atoms with Gasteiger partial charge in [-0.1, -0.05) is 60.3 Å². The van der Waals surface area contributed by atoms with Crippen molar-refractivity contribution in [1.29, 1.82) is 0 Å². The number of hydrogen-bond donors (Lipinski definition) is 3. The first-order valence-corrected chi connectivity index (χ1v) is 15.7. The summed E-state index contributed by atoms with van der Waals surface area (Å²) in [5.41, 5.74) is 2.02. The molecule has 45 heavy (non-hydrogen) atoms. The van der Waals surface area contributed by atoms with Crippen LogP contribution in [-0.4, -0.2) is 84.8 Å². The van der Waals surface area contributed by atoms with Crippen LogP contribution in [0.4, 0.5) is 10.5 Å². The van der Waals surface area contributed by atoms with Crippen molar-refractivity contribution in [3.05, 3.63) is 89.0 Å². The lowest BCUT2D eigenvalue weighted by Gasteiger charge is -2.49. The smallest absolute Gasteiger partial charge is 0.352 e. The molecular formula is C30H28N6O7S2. The van der Waals surface area contributed by atoms with Gasteiger partial charge in [-0.3, -0.25) is 24.2 Å². The number of likely N-dealkylation sites (N-methyl/N-ethyl adjacent to an activating group) is 1. The molecule has 0 bridgehead atoms. The highest BCUT2D eigenvalue weighted by atomic mass is 32.2. The Balaban J connectivity index is 1.19. The number of anilines is 1. The molecule has 3 N–H and O–H groups in total. The van der Waals surface area contributed by atoms with Gasteiger partial charge in [-0.25, -0.2) is 9.59 Å². The Morgan fingerprint density at radius 2 is 1.87 bits per heavy atom. The molecule has 2 aliphatic rings. The molecule has 3 heterocycles. The van der Waals surface area contributed by atoms with Crippen molar-refractivity contribution in [1.82, 2.24) is 25.3 Å². The lowest BCUT2D eigenvalue weighted by atomic mass is 10.0. The van der Waals surface area contributed by atoms with Crippen LogP contribution in [0.2, 0.25) is 0 Å². The number of nitrogens with zero attached hydrogens (tertiary/aromatic N) is 4. The Morgan fingerprint density at radius 3 is 2.58 bits per heavy atom. The molecular weight excluding hydrogens is 620 g/mol. The second-order valence-electron chi connectivity index (χ2n) is 9.99. The number of carboxylic acids is 1. The number of carbonyl (C=O) groups is 5. The first-order valence-electron chi connectivity index (χ1n) is 13.6. The van der Waals surface area contributed by atoms with E-state index in [0.717, 1.165) is 10.5 Å². The number of hydrogen-bond acceptors (Lipinski definition) is 10. The number of imide groups is 1. The maximum atomic E-state index is 13.1. The summed E-state index contributed by atoms with van der Waals surface area (Å²) in [5.74, 6) is -1.82. The van der Waals surface area contributed by atoms with Crippen molar-refractivity contribution in [3.8, 4) is 0 Å². The number of para-hydroxylation sites is 1. The van der Waals surface area contributed by atoms with E-state index in [1.807, 2.05) is 30.3 Å². The number of thioether (sulfide) groups is 2. The predicted octanol–water partition coefficient (Wildman–Crippen LogP) is 3.16. The summed E-state index contributed by atoms with van der Waals surface area (Å²) in [6.45, 7) is 1.65. The predicted molar refractivity (Wildman–Crippen MR) is 167 cm³/mol. The third-order valence-corrected chi connectivity index (χ3v) is 9.15. The Bertz CT molecular complexity index is 1710. The number of amides is 5. The van der Waals surface area contributed by atoms with Crippen LogP contribution >= 0.6 is 23.5 Å². The Kier molecular flexibility index (Phi) is 9.68. The number of carboxylic acid groups (broad SMARTS) is 1. The van der Waals surface area contributed by atoms with E-state index in [9.17, 15) is 29.1 Å². The van der Waals surface area contributed by atoms with Crippen LogP contribution in [0.5, 0.6) is 0 Å². The molecule has 0 spiro atoms. The number of carbonyl (C=O) groups excluding carboxylic acids is 4. The molecule has 3 aromatic rings. The van der Waals surface area contributed by atoms with Gasteiger partial charge in [0, 0.05) is 37.2 Å². The Labute approximate surface area is 266 Å². The lowest BCUT2D eigenvalue weighted by Crippen LogP contribution is -2.70. The number of benzene rings is 2. The van der Waals surface area contributed by atoms with E-state index >= 15 is 0 Å². The minimum absolute atomic E-state index is 0.108. The highest BCUT2D eigenvalue weighted by Gasteiger charge is 2.54. The van der Waals surface area contributed by atoms with Crippen molar-refractivity contribution in [2.75, 3.05) is 23.9 Å². The Hall–Kier alpha value is -4.89. The van der Waals surface area contributed by atoms with Crippen LogP contribution in [-0.2, 0) is 25.6 Å². The van der Waals surface area contributed by atoms with E-state index in [0.29, 0.717) is 33.7 Å². The molecule has 232 valence electrons. The summed E-state index contributed by atoms with van der Waals surface area (Å²) in [6, 6.07) is 14.2. The van der Waals surface area contributed by atoms with Gasteiger partial charge in [0.1, 0.15) is 17.1 Å². The van der Waals surface area contributed by atoms with Gasteiger partial charge < -0.3 is 20.2 Å². The molecule has 5 rings (SSSR count). The maximum absolute atomic E-state index is 13.1. The normalized spacial score (nSPS) is 17.5. The molecule has 0 saturated carbocycles. The van der Waals surface area contributed by atoms with Gasteiger partial charge in [0.05, 0.1) is 6.42 Å².